The van der Waals surface area contributed by atoms with Crippen LogP contribution in [-0.4, -0.2) is 6.61 Å². The van der Waals surface area contributed by atoms with Crippen molar-refractivity contribution in [2.75, 3.05) is 6.61 Å². The van der Waals surface area contributed by atoms with Crippen molar-refractivity contribution in [1.29, 1.82) is 0 Å². The molecule has 0 N–H and O–H groups in total. The number of hydrogen-bond acceptors (Lipinski definition) is 1. The Morgan fingerprint density at radius 1 is 1.21 bits per heavy atom. The Hall–Kier alpha value is -0.0200. The van der Waals surface area contributed by atoms with Gasteiger partial charge in [-0.1, -0.05) is 50.9 Å². The van der Waals surface area contributed by atoms with Crippen LogP contribution in [0.3, 0.4) is 0 Å². The molecule has 0 saturated heterocycles. The van der Waals surface area contributed by atoms with E-state index in [1.807, 2.05) is 12.1 Å². The zero-order chi connectivity index (χ0) is 10.4. The van der Waals surface area contributed by atoms with Crippen LogP contribution >= 0.6 is 31.9 Å². The lowest BCUT2D eigenvalue weighted by molar-refractivity contribution is 0.315. The van der Waals surface area contributed by atoms with Gasteiger partial charge in [-0.05, 0) is 18.1 Å². The summed E-state index contributed by atoms with van der Waals surface area (Å²) in [6.07, 6.45) is 1.04. The lowest BCUT2D eigenvalue weighted by Crippen LogP contribution is -1.99. The molecule has 0 spiro atoms. The first-order valence-electron chi connectivity index (χ1n) is 4.69. The Balaban J connectivity index is 2.90. The third kappa shape index (κ3) is 2.99. The molecule has 0 radical (unpaired) electrons. The number of rotatable bonds is 5. The highest BCUT2D eigenvalue weighted by Gasteiger charge is 2.06. The lowest BCUT2D eigenvalue weighted by Gasteiger charge is -2.12. The van der Waals surface area contributed by atoms with Crippen molar-refractivity contribution in [2.24, 2.45) is 0 Å². The summed E-state index contributed by atoms with van der Waals surface area (Å²) >= 11 is 6.97. The van der Waals surface area contributed by atoms with Crippen molar-refractivity contribution in [3.8, 4) is 5.75 Å². The van der Waals surface area contributed by atoms with Gasteiger partial charge in [0, 0.05) is 16.2 Å². The van der Waals surface area contributed by atoms with E-state index in [1.165, 1.54) is 11.1 Å². The Morgan fingerprint density at radius 2 is 2.00 bits per heavy atom. The molecule has 0 heterocycles. The molecule has 0 amide bonds. The summed E-state index contributed by atoms with van der Waals surface area (Å²) in [6, 6.07) is 6.18. The number of hydrogen-bond donors (Lipinski definition) is 0. The first kappa shape index (κ1) is 12.1. The molecular weight excluding hydrogens is 308 g/mol. The molecule has 0 bridgehead atoms. The molecule has 0 aromatic heterocycles. The van der Waals surface area contributed by atoms with Gasteiger partial charge in [-0.15, -0.1) is 0 Å². The Morgan fingerprint density at radius 3 is 2.57 bits per heavy atom. The van der Waals surface area contributed by atoms with Crippen LogP contribution in [-0.2, 0) is 10.7 Å². The molecule has 1 aromatic rings. The Bertz CT molecular complexity index is 287. The highest BCUT2D eigenvalue weighted by Crippen LogP contribution is 2.26. The van der Waals surface area contributed by atoms with Crippen LogP contribution < -0.4 is 4.74 Å². The monoisotopic (exact) mass is 320 g/mol. The van der Waals surface area contributed by atoms with E-state index in [0.29, 0.717) is 0 Å². The first-order chi connectivity index (χ1) is 6.83. The van der Waals surface area contributed by atoms with E-state index < -0.39 is 0 Å². The second-order valence-electron chi connectivity index (χ2n) is 3.01. The van der Waals surface area contributed by atoms with Gasteiger partial charge in [0.25, 0.3) is 0 Å². The smallest absolute Gasteiger partial charge is 0.123 e. The number of alkyl halides is 2. The molecular formula is C11H14Br2O. The van der Waals surface area contributed by atoms with E-state index in [1.54, 1.807) is 0 Å². The molecule has 1 rings (SSSR count). The summed E-state index contributed by atoms with van der Waals surface area (Å²) in [7, 11) is 0. The SMILES string of the molecule is CCCOc1cccc(CBr)c1CBr. The summed E-state index contributed by atoms with van der Waals surface area (Å²) in [5.41, 5.74) is 2.54. The van der Waals surface area contributed by atoms with Gasteiger partial charge < -0.3 is 4.74 Å². The van der Waals surface area contributed by atoms with Crippen LogP contribution in [0.1, 0.15) is 24.5 Å². The van der Waals surface area contributed by atoms with Gasteiger partial charge >= 0.3 is 0 Å². The van der Waals surface area contributed by atoms with Crippen molar-refractivity contribution < 1.29 is 4.74 Å². The average molecular weight is 322 g/mol. The van der Waals surface area contributed by atoms with Gasteiger partial charge in [0.1, 0.15) is 5.75 Å². The summed E-state index contributed by atoms with van der Waals surface area (Å²) < 4.78 is 5.67. The molecule has 0 fully saturated rings. The maximum absolute atomic E-state index is 5.67. The lowest BCUT2D eigenvalue weighted by atomic mass is 10.1. The zero-order valence-corrected chi connectivity index (χ0v) is 11.4. The summed E-state index contributed by atoms with van der Waals surface area (Å²) in [4.78, 5) is 0. The fraction of sp³-hybridized carbons (Fsp3) is 0.455. The molecule has 0 aliphatic heterocycles. The second kappa shape index (κ2) is 6.46. The molecule has 1 aromatic carbocycles. The number of ether oxygens (including phenoxy) is 1. The van der Waals surface area contributed by atoms with Crippen LogP contribution in [0.2, 0.25) is 0 Å². The number of benzene rings is 1. The number of halogens is 2. The molecule has 1 nitrogen and oxygen atoms in total. The van der Waals surface area contributed by atoms with Gasteiger partial charge in [-0.2, -0.15) is 0 Å². The van der Waals surface area contributed by atoms with Crippen molar-refractivity contribution >= 4 is 31.9 Å². The van der Waals surface area contributed by atoms with E-state index >= 15 is 0 Å². The first-order valence-corrected chi connectivity index (χ1v) is 6.93. The normalized spacial score (nSPS) is 10.2. The molecule has 14 heavy (non-hydrogen) atoms. The molecule has 0 unspecified atom stereocenters. The predicted molar refractivity (Wildman–Crippen MR) is 67.5 cm³/mol. The van der Waals surface area contributed by atoms with Crippen LogP contribution in [0.4, 0.5) is 0 Å². The summed E-state index contributed by atoms with van der Waals surface area (Å²) in [5.74, 6) is 1.00. The maximum atomic E-state index is 5.67. The molecule has 0 atom stereocenters. The minimum atomic E-state index is 0.783. The summed E-state index contributed by atoms with van der Waals surface area (Å²) in [6.45, 7) is 2.90. The van der Waals surface area contributed by atoms with E-state index in [-0.39, 0.29) is 0 Å². The quantitative estimate of drug-likeness (QED) is 0.736. The molecule has 0 aliphatic carbocycles. The van der Waals surface area contributed by atoms with E-state index in [9.17, 15) is 0 Å². The third-order valence-corrected chi connectivity index (χ3v) is 3.13. The van der Waals surface area contributed by atoms with Crippen LogP contribution in [0.15, 0.2) is 18.2 Å². The van der Waals surface area contributed by atoms with E-state index in [4.69, 9.17) is 4.74 Å². The molecule has 0 aliphatic rings. The van der Waals surface area contributed by atoms with Crippen molar-refractivity contribution in [2.45, 2.75) is 24.0 Å². The fourth-order valence-electron chi connectivity index (χ4n) is 1.24. The standard InChI is InChI=1S/C11H14Br2O/c1-2-6-14-11-5-3-4-9(7-12)10(11)8-13/h3-5H,2,6-8H2,1H3. The van der Waals surface area contributed by atoms with E-state index in [2.05, 4.69) is 44.8 Å². The average Bonchev–Trinajstić information content (AvgIpc) is 2.25. The highest BCUT2D eigenvalue weighted by atomic mass is 79.9. The van der Waals surface area contributed by atoms with Gasteiger partial charge in [0.2, 0.25) is 0 Å². The third-order valence-electron chi connectivity index (χ3n) is 1.97. The molecule has 3 heteroatoms. The van der Waals surface area contributed by atoms with Gasteiger partial charge in [0.15, 0.2) is 0 Å². The predicted octanol–water partition coefficient (Wildman–Crippen LogP) is 4.27. The van der Waals surface area contributed by atoms with Gasteiger partial charge in [-0.3, -0.25) is 0 Å². The topological polar surface area (TPSA) is 9.23 Å². The van der Waals surface area contributed by atoms with Gasteiger partial charge in [-0.25, -0.2) is 0 Å². The Kier molecular flexibility index (Phi) is 5.56. The van der Waals surface area contributed by atoms with Gasteiger partial charge in [0.05, 0.1) is 6.61 Å². The van der Waals surface area contributed by atoms with Crippen LogP contribution in [0.5, 0.6) is 5.75 Å². The van der Waals surface area contributed by atoms with Crippen molar-refractivity contribution in [3.05, 3.63) is 29.3 Å². The summed E-state index contributed by atoms with van der Waals surface area (Å²) in [5, 5.41) is 1.71. The van der Waals surface area contributed by atoms with Crippen molar-refractivity contribution in [3.63, 3.8) is 0 Å². The fourth-order valence-corrected chi connectivity index (χ4v) is 2.40. The highest BCUT2D eigenvalue weighted by molar-refractivity contribution is 9.09. The zero-order valence-electron chi connectivity index (χ0n) is 8.22. The minimum Gasteiger partial charge on any atom is -0.493 e. The minimum absolute atomic E-state index is 0.783. The van der Waals surface area contributed by atoms with Crippen LogP contribution in [0.25, 0.3) is 0 Å². The molecule has 0 saturated carbocycles. The van der Waals surface area contributed by atoms with Crippen molar-refractivity contribution in [1.82, 2.24) is 0 Å². The maximum Gasteiger partial charge on any atom is 0.123 e. The molecule has 78 valence electrons. The second-order valence-corrected chi connectivity index (χ2v) is 4.13. The van der Waals surface area contributed by atoms with E-state index in [0.717, 1.165) is 29.4 Å². The largest absolute Gasteiger partial charge is 0.493 e. The Labute approximate surface area is 102 Å². The van der Waals surface area contributed by atoms with Crippen LogP contribution in [0, 0.1) is 0 Å².